The Morgan fingerprint density at radius 3 is 2.65 bits per heavy atom. The zero-order chi connectivity index (χ0) is 12.7. The Hall–Kier alpha value is -0.960. The number of benzene rings is 1. The van der Waals surface area contributed by atoms with Crippen molar-refractivity contribution in [3.8, 4) is 6.19 Å². The predicted molar refractivity (Wildman–Crippen MR) is 74.8 cm³/mol. The number of Topliss-reactive ketones (excluding diaryl/α,β-unsaturated/α-hetero) is 1. The Balaban J connectivity index is 2.59. The maximum Gasteiger partial charge on any atom is 0.207 e. The highest BCUT2D eigenvalue weighted by Crippen LogP contribution is 2.17. The number of hydrogen-bond donors (Lipinski definition) is 0. The van der Waals surface area contributed by atoms with Gasteiger partial charge in [0.05, 0.1) is 5.75 Å². The fourth-order valence-electron chi connectivity index (χ4n) is 1.02. The van der Waals surface area contributed by atoms with Crippen molar-refractivity contribution >= 4 is 45.3 Å². The summed E-state index contributed by atoms with van der Waals surface area (Å²) in [6, 6.07) is 6.73. The van der Waals surface area contributed by atoms with E-state index < -0.39 is 0 Å². The van der Waals surface area contributed by atoms with Crippen molar-refractivity contribution in [1.29, 1.82) is 5.26 Å². The molecule has 0 aliphatic rings. The van der Waals surface area contributed by atoms with Crippen molar-refractivity contribution < 1.29 is 4.79 Å². The fourth-order valence-corrected chi connectivity index (χ4v) is 2.46. The second-order valence-electron chi connectivity index (χ2n) is 2.90. The van der Waals surface area contributed by atoms with Crippen LogP contribution in [0.1, 0.15) is 10.4 Å². The van der Waals surface area contributed by atoms with E-state index in [1.807, 2.05) is 6.26 Å². The van der Waals surface area contributed by atoms with E-state index in [-0.39, 0.29) is 11.5 Å². The van der Waals surface area contributed by atoms with Crippen LogP contribution in [0.5, 0.6) is 0 Å². The number of nitriles is 1. The summed E-state index contributed by atoms with van der Waals surface area (Å²) < 4.78 is 0.592. The van der Waals surface area contributed by atoms with Crippen molar-refractivity contribution in [3.05, 3.63) is 34.9 Å². The number of carbonyl (C=O) groups is 1. The molecule has 0 saturated heterocycles. The highest BCUT2D eigenvalue weighted by Gasteiger charge is 2.08. The Morgan fingerprint density at radius 1 is 1.47 bits per heavy atom. The largest absolute Gasteiger partial charge is 0.293 e. The second-order valence-corrected chi connectivity index (χ2v) is 5.35. The lowest BCUT2D eigenvalue weighted by Gasteiger charge is -2.01. The van der Waals surface area contributed by atoms with Gasteiger partial charge >= 0.3 is 0 Å². The third kappa shape index (κ3) is 4.82. The fraction of sp³-hybridized carbons (Fsp3) is 0.182. The summed E-state index contributed by atoms with van der Waals surface area (Å²) in [4.78, 5) is 15.4. The van der Waals surface area contributed by atoms with Crippen molar-refractivity contribution in [2.45, 2.75) is 0 Å². The lowest BCUT2D eigenvalue weighted by Crippen LogP contribution is -2.03. The number of rotatable bonds is 3. The standard InChI is InChI=1S/C11H9ClN2OS2/c1-16-11(14-7-13)17-6-10(15)8-2-4-9(12)5-3-8/h2-5H,6H2,1H3. The van der Waals surface area contributed by atoms with Crippen molar-refractivity contribution in [2.24, 2.45) is 4.99 Å². The first-order valence-corrected chi connectivity index (χ1v) is 7.18. The third-order valence-electron chi connectivity index (χ3n) is 1.81. The Labute approximate surface area is 113 Å². The molecule has 0 heterocycles. The number of nitrogens with zero attached hydrogens (tertiary/aromatic N) is 2. The summed E-state index contributed by atoms with van der Waals surface area (Å²) >= 11 is 8.35. The number of thioether (sulfide) groups is 2. The third-order valence-corrected chi connectivity index (χ3v) is 4.10. The summed E-state index contributed by atoms with van der Waals surface area (Å²) in [6.45, 7) is 0. The highest BCUT2D eigenvalue weighted by molar-refractivity contribution is 8.38. The monoisotopic (exact) mass is 284 g/mol. The molecule has 0 radical (unpaired) electrons. The van der Waals surface area contributed by atoms with Crippen molar-refractivity contribution in [1.82, 2.24) is 0 Å². The predicted octanol–water partition coefficient (Wildman–Crippen LogP) is 3.46. The van der Waals surface area contributed by atoms with Gasteiger partial charge in [0.15, 0.2) is 5.78 Å². The summed E-state index contributed by atoms with van der Waals surface area (Å²) in [6.07, 6.45) is 3.52. The number of ketones is 1. The first-order valence-electron chi connectivity index (χ1n) is 4.59. The van der Waals surface area contributed by atoms with Crippen LogP contribution in [0.3, 0.4) is 0 Å². The van der Waals surface area contributed by atoms with Crippen LogP contribution in [-0.4, -0.2) is 22.2 Å². The summed E-state index contributed by atoms with van der Waals surface area (Å²) in [7, 11) is 0. The molecule has 0 N–H and O–H groups in total. The molecule has 0 saturated carbocycles. The highest BCUT2D eigenvalue weighted by atomic mass is 35.5. The molecule has 0 aliphatic heterocycles. The van der Waals surface area contributed by atoms with Gasteiger partial charge in [0.1, 0.15) is 4.38 Å². The second kappa shape index (κ2) is 7.38. The average Bonchev–Trinajstić information content (AvgIpc) is 2.35. The van der Waals surface area contributed by atoms with Gasteiger partial charge in [-0.3, -0.25) is 4.79 Å². The first kappa shape index (κ1) is 14.1. The van der Waals surface area contributed by atoms with Crippen LogP contribution < -0.4 is 0 Å². The van der Waals surface area contributed by atoms with Crippen LogP contribution in [0, 0.1) is 11.5 Å². The molecule has 0 unspecified atom stereocenters. The molecule has 0 bridgehead atoms. The molecule has 6 heteroatoms. The molecule has 0 aromatic heterocycles. The zero-order valence-corrected chi connectivity index (χ0v) is 11.4. The maximum atomic E-state index is 11.8. The van der Waals surface area contributed by atoms with Crippen LogP contribution in [0.25, 0.3) is 0 Å². The summed E-state index contributed by atoms with van der Waals surface area (Å²) in [5.41, 5.74) is 0.610. The molecule has 0 spiro atoms. The van der Waals surface area contributed by atoms with Crippen LogP contribution in [0.15, 0.2) is 29.3 Å². The van der Waals surface area contributed by atoms with Gasteiger partial charge < -0.3 is 0 Å². The van der Waals surface area contributed by atoms with Gasteiger partial charge in [0, 0.05) is 10.6 Å². The van der Waals surface area contributed by atoms with E-state index in [0.29, 0.717) is 15.0 Å². The summed E-state index contributed by atoms with van der Waals surface area (Å²) in [5, 5.41) is 9.02. The van der Waals surface area contributed by atoms with E-state index >= 15 is 0 Å². The zero-order valence-electron chi connectivity index (χ0n) is 9.01. The van der Waals surface area contributed by atoms with Crippen molar-refractivity contribution in [2.75, 3.05) is 12.0 Å². The van der Waals surface area contributed by atoms with Gasteiger partial charge in [0.25, 0.3) is 0 Å². The molecule has 17 heavy (non-hydrogen) atoms. The van der Waals surface area contributed by atoms with Gasteiger partial charge in [-0.1, -0.05) is 23.4 Å². The van der Waals surface area contributed by atoms with Crippen LogP contribution >= 0.6 is 35.1 Å². The Bertz CT molecular complexity index is 465. The van der Waals surface area contributed by atoms with Crippen molar-refractivity contribution in [3.63, 3.8) is 0 Å². The smallest absolute Gasteiger partial charge is 0.207 e. The molecule has 1 rings (SSSR count). The number of halogens is 1. The van der Waals surface area contributed by atoms with Crippen LogP contribution in [0.2, 0.25) is 5.02 Å². The van der Waals surface area contributed by atoms with Gasteiger partial charge in [-0.15, -0.1) is 11.8 Å². The van der Waals surface area contributed by atoms with Gasteiger partial charge in [-0.05, 0) is 30.5 Å². The molecule has 1 aromatic carbocycles. The quantitative estimate of drug-likeness (QED) is 0.369. The topological polar surface area (TPSA) is 53.2 Å². The van der Waals surface area contributed by atoms with E-state index in [1.165, 1.54) is 23.5 Å². The number of aliphatic imine (C=N–C) groups is 1. The molecule has 1 aromatic rings. The molecular formula is C11H9ClN2OS2. The normalized spacial score (nSPS) is 11.0. The van der Waals surface area contributed by atoms with E-state index in [4.69, 9.17) is 16.9 Å². The average molecular weight is 285 g/mol. The maximum absolute atomic E-state index is 11.8. The lowest BCUT2D eigenvalue weighted by molar-refractivity contribution is 0.102. The number of carbonyl (C=O) groups excluding carboxylic acids is 1. The summed E-state index contributed by atoms with van der Waals surface area (Å²) in [5.74, 6) is 0.259. The molecule has 0 atom stereocenters. The number of hydrogen-bond acceptors (Lipinski definition) is 5. The molecule has 0 amide bonds. The lowest BCUT2D eigenvalue weighted by atomic mass is 10.1. The van der Waals surface area contributed by atoms with E-state index in [1.54, 1.807) is 30.5 Å². The van der Waals surface area contributed by atoms with E-state index in [2.05, 4.69) is 4.99 Å². The minimum atomic E-state index is -0.00800. The van der Waals surface area contributed by atoms with Gasteiger partial charge in [0.2, 0.25) is 6.19 Å². The Kier molecular flexibility index (Phi) is 6.12. The molecule has 0 aliphatic carbocycles. The van der Waals surface area contributed by atoms with E-state index in [0.717, 1.165) is 0 Å². The van der Waals surface area contributed by atoms with Gasteiger partial charge in [-0.2, -0.15) is 10.3 Å². The Morgan fingerprint density at radius 2 is 2.12 bits per heavy atom. The molecule has 88 valence electrons. The minimum absolute atomic E-state index is 0.00800. The molecular weight excluding hydrogens is 276 g/mol. The van der Waals surface area contributed by atoms with Crippen LogP contribution in [-0.2, 0) is 0 Å². The van der Waals surface area contributed by atoms with Crippen LogP contribution in [0.4, 0.5) is 0 Å². The SMILES string of the molecule is CSC(=NC#N)SCC(=O)c1ccc(Cl)cc1. The van der Waals surface area contributed by atoms with E-state index in [9.17, 15) is 4.79 Å². The minimum Gasteiger partial charge on any atom is -0.293 e. The van der Waals surface area contributed by atoms with Gasteiger partial charge in [-0.25, -0.2) is 0 Å². The first-order chi connectivity index (χ1) is 8.17. The molecule has 3 nitrogen and oxygen atoms in total. The molecule has 0 fully saturated rings.